The van der Waals surface area contributed by atoms with Crippen LogP contribution in [0.1, 0.15) is 38.4 Å². The number of nitrogens with zero attached hydrogens (tertiary/aromatic N) is 1. The smallest absolute Gasteiger partial charge is 0.263 e. The highest BCUT2D eigenvalue weighted by molar-refractivity contribution is 7.17. The topological polar surface area (TPSA) is 49.4 Å². The van der Waals surface area contributed by atoms with E-state index in [0.717, 1.165) is 18.4 Å². The van der Waals surface area contributed by atoms with E-state index in [1.807, 2.05) is 36.1 Å². The molecule has 6 heteroatoms. The Morgan fingerprint density at radius 1 is 1.17 bits per heavy atom. The van der Waals surface area contributed by atoms with Gasteiger partial charge in [-0.1, -0.05) is 29.8 Å². The molecular weight excluding hydrogens is 344 g/mol. The van der Waals surface area contributed by atoms with Crippen LogP contribution in [0.2, 0.25) is 4.34 Å². The Hall–Kier alpha value is -1.85. The predicted octanol–water partition coefficient (Wildman–Crippen LogP) is 3.74. The molecule has 0 unspecified atom stereocenters. The van der Waals surface area contributed by atoms with Crippen molar-refractivity contribution in [2.45, 2.75) is 25.8 Å². The molecule has 0 saturated carbocycles. The summed E-state index contributed by atoms with van der Waals surface area (Å²) in [5.41, 5.74) is 1.68. The van der Waals surface area contributed by atoms with Gasteiger partial charge in [-0.15, -0.1) is 11.3 Å². The molecule has 1 aliphatic heterocycles. The predicted molar refractivity (Wildman–Crippen MR) is 96.9 cm³/mol. The zero-order chi connectivity index (χ0) is 17.1. The fourth-order valence-electron chi connectivity index (χ4n) is 2.90. The number of amides is 2. The Morgan fingerprint density at radius 2 is 1.88 bits per heavy atom. The molecule has 0 radical (unpaired) electrons. The number of thiophene rings is 1. The van der Waals surface area contributed by atoms with Crippen molar-refractivity contribution in [1.82, 2.24) is 10.2 Å². The van der Waals surface area contributed by atoms with Crippen molar-refractivity contribution < 1.29 is 9.59 Å². The lowest BCUT2D eigenvalue weighted by molar-refractivity contribution is 0.0703. The standard InChI is InChI=1S/C18H19ClN2O2S/c1-12-4-2-3-5-14(12)17(22)20-13-8-10-21(11-9-13)18(23)15-6-7-16(19)24-15/h2-7,13H,8-11H2,1H3,(H,20,22). The average Bonchev–Trinajstić information content (AvgIpc) is 3.02. The zero-order valence-corrected chi connectivity index (χ0v) is 15.0. The second-order valence-corrected chi connectivity index (χ2v) is 7.67. The Morgan fingerprint density at radius 3 is 2.50 bits per heavy atom. The summed E-state index contributed by atoms with van der Waals surface area (Å²) >= 11 is 7.20. The number of carbonyl (C=O) groups is 2. The van der Waals surface area contributed by atoms with Gasteiger partial charge in [-0.2, -0.15) is 0 Å². The summed E-state index contributed by atoms with van der Waals surface area (Å²) in [6.45, 7) is 3.22. The van der Waals surface area contributed by atoms with Gasteiger partial charge in [-0.25, -0.2) is 0 Å². The third-order valence-electron chi connectivity index (χ3n) is 4.29. The maximum Gasteiger partial charge on any atom is 0.263 e. The SMILES string of the molecule is Cc1ccccc1C(=O)NC1CCN(C(=O)c2ccc(Cl)s2)CC1. The molecule has 1 aromatic heterocycles. The molecule has 1 saturated heterocycles. The van der Waals surface area contributed by atoms with E-state index < -0.39 is 0 Å². The Bertz CT molecular complexity index is 751. The van der Waals surface area contributed by atoms with E-state index in [9.17, 15) is 9.59 Å². The molecular formula is C18H19ClN2O2S. The number of rotatable bonds is 3. The van der Waals surface area contributed by atoms with Gasteiger partial charge in [-0.3, -0.25) is 9.59 Å². The van der Waals surface area contributed by atoms with Gasteiger partial charge in [0.15, 0.2) is 0 Å². The van der Waals surface area contributed by atoms with Gasteiger partial charge >= 0.3 is 0 Å². The molecule has 126 valence electrons. The van der Waals surface area contributed by atoms with E-state index in [-0.39, 0.29) is 17.9 Å². The third kappa shape index (κ3) is 3.79. The maximum atomic E-state index is 12.4. The number of carbonyl (C=O) groups excluding carboxylic acids is 2. The van der Waals surface area contributed by atoms with Crippen LogP contribution in [-0.4, -0.2) is 35.8 Å². The number of hydrogen-bond acceptors (Lipinski definition) is 3. The second-order valence-electron chi connectivity index (χ2n) is 5.96. The molecule has 2 amide bonds. The molecule has 1 N–H and O–H groups in total. The van der Waals surface area contributed by atoms with E-state index in [4.69, 9.17) is 11.6 Å². The summed E-state index contributed by atoms with van der Waals surface area (Å²) in [4.78, 5) is 27.3. The first-order valence-electron chi connectivity index (χ1n) is 7.95. The quantitative estimate of drug-likeness (QED) is 0.904. The number of piperidine rings is 1. The molecule has 24 heavy (non-hydrogen) atoms. The van der Waals surface area contributed by atoms with E-state index >= 15 is 0 Å². The third-order valence-corrected chi connectivity index (χ3v) is 5.51. The van der Waals surface area contributed by atoms with Gasteiger partial charge in [0.1, 0.15) is 0 Å². The van der Waals surface area contributed by atoms with Crippen LogP contribution in [0.3, 0.4) is 0 Å². The normalized spacial score (nSPS) is 15.3. The molecule has 1 aliphatic rings. The van der Waals surface area contributed by atoms with Crippen LogP contribution >= 0.6 is 22.9 Å². The summed E-state index contributed by atoms with van der Waals surface area (Å²) in [6.07, 6.45) is 1.53. The van der Waals surface area contributed by atoms with Gasteiger partial charge in [0, 0.05) is 24.7 Å². The van der Waals surface area contributed by atoms with Gasteiger partial charge in [-0.05, 0) is 43.5 Å². The Labute approximate surface area is 150 Å². The lowest BCUT2D eigenvalue weighted by Gasteiger charge is -2.32. The minimum absolute atomic E-state index is 0.0237. The number of aryl methyl sites for hydroxylation is 1. The number of benzene rings is 1. The zero-order valence-electron chi connectivity index (χ0n) is 13.4. The van der Waals surface area contributed by atoms with E-state index in [0.29, 0.717) is 27.9 Å². The van der Waals surface area contributed by atoms with Gasteiger partial charge in [0.05, 0.1) is 9.21 Å². The molecule has 0 spiro atoms. The molecule has 2 heterocycles. The largest absolute Gasteiger partial charge is 0.349 e. The summed E-state index contributed by atoms with van der Waals surface area (Å²) < 4.78 is 0.624. The van der Waals surface area contributed by atoms with E-state index in [1.54, 1.807) is 12.1 Å². The van der Waals surface area contributed by atoms with Crippen LogP contribution in [0.25, 0.3) is 0 Å². The molecule has 2 aromatic rings. The number of halogens is 1. The van der Waals surface area contributed by atoms with Crippen molar-refractivity contribution in [2.75, 3.05) is 13.1 Å². The van der Waals surface area contributed by atoms with Crippen LogP contribution in [0.5, 0.6) is 0 Å². The summed E-state index contributed by atoms with van der Waals surface area (Å²) in [5, 5.41) is 3.08. The Kier molecular flexibility index (Phi) is 5.21. The fraction of sp³-hybridized carbons (Fsp3) is 0.333. The van der Waals surface area contributed by atoms with Crippen molar-refractivity contribution in [3.63, 3.8) is 0 Å². The number of hydrogen-bond donors (Lipinski definition) is 1. The maximum absolute atomic E-state index is 12.4. The monoisotopic (exact) mass is 362 g/mol. The summed E-state index contributed by atoms with van der Waals surface area (Å²) in [6, 6.07) is 11.2. The van der Waals surface area contributed by atoms with Gasteiger partial charge in [0.2, 0.25) is 0 Å². The number of nitrogens with one attached hydrogen (secondary N) is 1. The van der Waals surface area contributed by atoms with Crippen LogP contribution < -0.4 is 5.32 Å². The molecule has 0 aliphatic carbocycles. The highest BCUT2D eigenvalue weighted by Crippen LogP contribution is 2.24. The first-order valence-corrected chi connectivity index (χ1v) is 9.15. The van der Waals surface area contributed by atoms with Crippen molar-refractivity contribution in [3.8, 4) is 0 Å². The van der Waals surface area contributed by atoms with Crippen molar-refractivity contribution in [1.29, 1.82) is 0 Å². The highest BCUT2D eigenvalue weighted by atomic mass is 35.5. The van der Waals surface area contributed by atoms with Crippen molar-refractivity contribution in [2.24, 2.45) is 0 Å². The minimum atomic E-state index is -0.0390. The summed E-state index contributed by atoms with van der Waals surface area (Å²) in [7, 11) is 0. The molecule has 1 fully saturated rings. The van der Waals surface area contributed by atoms with Crippen LogP contribution in [0, 0.1) is 6.92 Å². The fourth-order valence-corrected chi connectivity index (χ4v) is 3.91. The average molecular weight is 363 g/mol. The highest BCUT2D eigenvalue weighted by Gasteiger charge is 2.25. The first kappa shape index (κ1) is 17.0. The molecule has 4 nitrogen and oxygen atoms in total. The van der Waals surface area contributed by atoms with Crippen molar-refractivity contribution in [3.05, 3.63) is 56.7 Å². The number of likely N-dealkylation sites (tertiary alicyclic amines) is 1. The second kappa shape index (κ2) is 7.36. The van der Waals surface area contributed by atoms with Crippen LogP contribution in [0.15, 0.2) is 36.4 Å². The Balaban J connectivity index is 1.55. The van der Waals surface area contributed by atoms with Crippen LogP contribution in [0.4, 0.5) is 0 Å². The molecule has 0 bridgehead atoms. The van der Waals surface area contributed by atoms with E-state index in [2.05, 4.69) is 5.32 Å². The summed E-state index contributed by atoms with van der Waals surface area (Å²) in [5.74, 6) is -0.0153. The lowest BCUT2D eigenvalue weighted by atomic mass is 10.0. The van der Waals surface area contributed by atoms with Gasteiger partial charge < -0.3 is 10.2 Å². The minimum Gasteiger partial charge on any atom is -0.349 e. The lowest BCUT2D eigenvalue weighted by Crippen LogP contribution is -2.46. The van der Waals surface area contributed by atoms with Crippen molar-refractivity contribution >= 4 is 34.8 Å². The molecule has 1 aromatic carbocycles. The van der Waals surface area contributed by atoms with Gasteiger partial charge in [0.25, 0.3) is 11.8 Å². The van der Waals surface area contributed by atoms with Crippen LogP contribution in [-0.2, 0) is 0 Å². The first-order chi connectivity index (χ1) is 11.5. The molecule has 3 rings (SSSR count). The van der Waals surface area contributed by atoms with E-state index in [1.165, 1.54) is 11.3 Å². The molecule has 0 atom stereocenters.